The van der Waals surface area contributed by atoms with E-state index in [4.69, 9.17) is 16.3 Å². The molecule has 0 spiro atoms. The third-order valence-corrected chi connectivity index (χ3v) is 1.58. The lowest BCUT2D eigenvalue weighted by molar-refractivity contribution is 0.0519. The molecule has 0 aliphatic rings. The summed E-state index contributed by atoms with van der Waals surface area (Å²) in [6.07, 6.45) is 1.47. The van der Waals surface area contributed by atoms with E-state index in [1.807, 2.05) is 13.8 Å². The van der Waals surface area contributed by atoms with Crippen molar-refractivity contribution in [2.75, 3.05) is 6.61 Å². The van der Waals surface area contributed by atoms with Crippen molar-refractivity contribution in [1.29, 1.82) is 0 Å². The van der Waals surface area contributed by atoms with Crippen LogP contribution < -0.4 is 0 Å². The predicted molar refractivity (Wildman–Crippen MR) is 59.1 cm³/mol. The maximum atomic E-state index is 11.2. The van der Waals surface area contributed by atoms with Gasteiger partial charge >= 0.3 is 5.97 Å². The van der Waals surface area contributed by atoms with Crippen LogP contribution in [0.4, 0.5) is 0 Å². The molecule has 4 nitrogen and oxygen atoms in total. The topological polar surface area (TPSA) is 52.1 Å². The van der Waals surface area contributed by atoms with Gasteiger partial charge in [-0.15, -0.1) is 0 Å². The Morgan fingerprint density at radius 3 is 2.60 bits per heavy atom. The number of aromatic nitrogens is 2. The third-order valence-electron chi connectivity index (χ3n) is 1.32. The monoisotopic (exact) mass is 230 g/mol. The predicted octanol–water partition coefficient (Wildman–Crippen LogP) is 2.64. The number of esters is 1. The van der Waals surface area contributed by atoms with Crippen LogP contribution in [0.3, 0.4) is 0 Å². The number of ether oxygens (including phenoxy) is 1. The second-order valence-electron chi connectivity index (χ2n) is 2.37. The zero-order chi connectivity index (χ0) is 11.8. The fraction of sp³-hybridized carbons (Fsp3) is 0.500. The number of halogens is 1. The Kier molecular flexibility index (Phi) is 6.62. The summed E-state index contributed by atoms with van der Waals surface area (Å²) in [4.78, 5) is 18.9. The molecule has 5 heteroatoms. The van der Waals surface area contributed by atoms with Crippen LogP contribution in [0.15, 0.2) is 6.20 Å². The van der Waals surface area contributed by atoms with Gasteiger partial charge in [-0.05, 0) is 13.8 Å². The van der Waals surface area contributed by atoms with Crippen molar-refractivity contribution in [3.8, 4) is 0 Å². The van der Waals surface area contributed by atoms with E-state index in [0.717, 1.165) is 0 Å². The molecule has 0 fully saturated rings. The van der Waals surface area contributed by atoms with E-state index in [9.17, 15) is 4.79 Å². The van der Waals surface area contributed by atoms with E-state index in [1.165, 1.54) is 6.20 Å². The Bertz CT molecular complexity index is 329. The highest BCUT2D eigenvalue weighted by molar-refractivity contribution is 6.32. The number of aryl methyl sites for hydroxylation is 1. The molecule has 0 saturated carbocycles. The van der Waals surface area contributed by atoms with Gasteiger partial charge in [0.1, 0.15) is 0 Å². The molecule has 0 amide bonds. The molecular weight excluding hydrogens is 216 g/mol. The van der Waals surface area contributed by atoms with Gasteiger partial charge in [0.15, 0.2) is 10.8 Å². The molecule has 0 N–H and O–H groups in total. The quantitative estimate of drug-likeness (QED) is 0.733. The maximum Gasteiger partial charge on any atom is 0.360 e. The molecule has 0 radical (unpaired) electrons. The molecule has 0 aliphatic heterocycles. The Morgan fingerprint density at radius 2 is 2.13 bits per heavy atom. The summed E-state index contributed by atoms with van der Waals surface area (Å²) in [6.45, 7) is 7.76. The minimum absolute atomic E-state index is 0.0640. The summed E-state index contributed by atoms with van der Waals surface area (Å²) in [5.74, 6) is -0.542. The van der Waals surface area contributed by atoms with Crippen LogP contribution in [-0.4, -0.2) is 22.5 Å². The number of carbonyl (C=O) groups excluding carboxylic acids is 1. The Morgan fingerprint density at radius 1 is 1.53 bits per heavy atom. The first-order valence-corrected chi connectivity index (χ1v) is 5.19. The zero-order valence-corrected chi connectivity index (χ0v) is 10.1. The number of carbonyl (C=O) groups is 1. The van der Waals surface area contributed by atoms with Crippen molar-refractivity contribution in [2.45, 2.75) is 27.7 Å². The Balaban J connectivity index is 0.000000921. The van der Waals surface area contributed by atoms with E-state index in [0.29, 0.717) is 12.3 Å². The lowest BCUT2D eigenvalue weighted by Gasteiger charge is -2.02. The second-order valence-corrected chi connectivity index (χ2v) is 2.73. The summed E-state index contributed by atoms with van der Waals surface area (Å²) in [6, 6.07) is 0. The van der Waals surface area contributed by atoms with Gasteiger partial charge in [0, 0.05) is 6.20 Å². The molecule has 0 bridgehead atoms. The molecule has 1 rings (SSSR count). The Labute approximate surface area is 94.6 Å². The van der Waals surface area contributed by atoms with Crippen molar-refractivity contribution < 1.29 is 9.53 Å². The number of hydrogen-bond donors (Lipinski definition) is 0. The first-order valence-electron chi connectivity index (χ1n) is 4.81. The van der Waals surface area contributed by atoms with Crippen LogP contribution >= 0.6 is 11.6 Å². The van der Waals surface area contributed by atoms with Gasteiger partial charge in [-0.1, -0.05) is 25.4 Å². The highest BCUT2D eigenvalue weighted by Gasteiger charge is 2.13. The van der Waals surface area contributed by atoms with Crippen molar-refractivity contribution in [3.63, 3.8) is 0 Å². The average molecular weight is 231 g/mol. The van der Waals surface area contributed by atoms with Crippen LogP contribution in [0.2, 0.25) is 5.15 Å². The van der Waals surface area contributed by atoms with E-state index < -0.39 is 5.97 Å². The second kappa shape index (κ2) is 7.17. The molecular formula is C10H15ClN2O2. The number of hydrogen-bond acceptors (Lipinski definition) is 4. The molecule has 0 saturated heterocycles. The highest BCUT2D eigenvalue weighted by Crippen LogP contribution is 2.11. The van der Waals surface area contributed by atoms with E-state index in [1.54, 1.807) is 13.8 Å². The van der Waals surface area contributed by atoms with Gasteiger partial charge < -0.3 is 4.74 Å². The molecule has 0 atom stereocenters. The average Bonchev–Trinajstić information content (AvgIpc) is 2.21. The molecule has 1 heterocycles. The lowest BCUT2D eigenvalue weighted by atomic mass is 10.4. The van der Waals surface area contributed by atoms with Crippen LogP contribution in [0.25, 0.3) is 0 Å². The molecule has 0 unspecified atom stereocenters. The fourth-order valence-corrected chi connectivity index (χ4v) is 1.04. The van der Waals surface area contributed by atoms with Gasteiger partial charge in [-0.3, -0.25) is 0 Å². The van der Waals surface area contributed by atoms with Gasteiger partial charge in [0.05, 0.1) is 12.3 Å². The largest absolute Gasteiger partial charge is 0.461 e. The third kappa shape index (κ3) is 4.25. The summed E-state index contributed by atoms with van der Waals surface area (Å²) in [5.41, 5.74) is 0.729. The first-order chi connectivity index (χ1) is 7.15. The van der Waals surface area contributed by atoms with Crippen molar-refractivity contribution in [1.82, 2.24) is 9.97 Å². The summed E-state index contributed by atoms with van der Waals surface area (Å²) < 4.78 is 4.72. The van der Waals surface area contributed by atoms with Crippen molar-refractivity contribution in [2.24, 2.45) is 0 Å². The maximum absolute atomic E-state index is 11.2. The van der Waals surface area contributed by atoms with E-state index in [-0.39, 0.29) is 10.8 Å². The van der Waals surface area contributed by atoms with Gasteiger partial charge in [-0.25, -0.2) is 14.8 Å². The van der Waals surface area contributed by atoms with Gasteiger partial charge in [0.25, 0.3) is 0 Å². The van der Waals surface area contributed by atoms with E-state index >= 15 is 0 Å². The van der Waals surface area contributed by atoms with Crippen LogP contribution in [0, 0.1) is 6.92 Å². The summed E-state index contributed by atoms with van der Waals surface area (Å²) in [5, 5.41) is 0.0819. The SMILES string of the molecule is CC.CCOC(=O)c1ncc(C)nc1Cl. The fourth-order valence-electron chi connectivity index (χ4n) is 0.784. The smallest absolute Gasteiger partial charge is 0.360 e. The minimum atomic E-state index is -0.542. The summed E-state index contributed by atoms with van der Waals surface area (Å²) >= 11 is 5.69. The highest BCUT2D eigenvalue weighted by atomic mass is 35.5. The van der Waals surface area contributed by atoms with Crippen LogP contribution in [-0.2, 0) is 4.74 Å². The molecule has 0 aromatic carbocycles. The first kappa shape index (κ1) is 13.8. The lowest BCUT2D eigenvalue weighted by Crippen LogP contribution is -2.09. The zero-order valence-electron chi connectivity index (χ0n) is 9.37. The van der Waals surface area contributed by atoms with Crippen LogP contribution in [0.1, 0.15) is 37.0 Å². The number of rotatable bonds is 2. The molecule has 0 aliphatic carbocycles. The minimum Gasteiger partial charge on any atom is -0.461 e. The van der Waals surface area contributed by atoms with Gasteiger partial charge in [-0.2, -0.15) is 0 Å². The molecule has 84 valence electrons. The normalized spacial score (nSPS) is 8.87. The standard InChI is InChI=1S/C8H9ClN2O2.C2H6/c1-3-13-8(12)6-7(9)11-5(2)4-10-6;1-2/h4H,3H2,1-2H3;1-2H3. The molecule has 15 heavy (non-hydrogen) atoms. The Hall–Kier alpha value is -1.16. The van der Waals surface area contributed by atoms with Crippen molar-refractivity contribution >= 4 is 17.6 Å². The van der Waals surface area contributed by atoms with Crippen LogP contribution in [0.5, 0.6) is 0 Å². The van der Waals surface area contributed by atoms with Crippen molar-refractivity contribution in [3.05, 3.63) is 22.7 Å². The molecule has 1 aromatic rings. The summed E-state index contributed by atoms with van der Waals surface area (Å²) in [7, 11) is 0. The van der Waals surface area contributed by atoms with Gasteiger partial charge in [0.2, 0.25) is 0 Å². The number of nitrogens with zero attached hydrogens (tertiary/aromatic N) is 2. The van der Waals surface area contributed by atoms with E-state index in [2.05, 4.69) is 9.97 Å². The molecule has 1 aromatic heterocycles.